The quantitative estimate of drug-likeness (QED) is 0.820. The van der Waals surface area contributed by atoms with Crippen molar-refractivity contribution in [2.45, 2.75) is 13.0 Å². The molecule has 0 aromatic heterocycles. The van der Waals surface area contributed by atoms with Crippen LogP contribution in [0.3, 0.4) is 0 Å². The van der Waals surface area contributed by atoms with Gasteiger partial charge in [0.05, 0.1) is 20.3 Å². The lowest BCUT2D eigenvalue weighted by atomic mass is 9.95. The van der Waals surface area contributed by atoms with Crippen LogP contribution >= 0.6 is 22.6 Å². The van der Waals surface area contributed by atoms with Gasteiger partial charge in [-0.25, -0.2) is 0 Å². The maximum Gasteiger partial charge on any atom is 0.161 e. The van der Waals surface area contributed by atoms with Crippen molar-refractivity contribution in [3.8, 4) is 11.5 Å². The van der Waals surface area contributed by atoms with E-state index >= 15 is 0 Å². The number of rotatable bonds is 4. The number of methoxy groups -OCH3 is 2. The second-order valence-corrected chi connectivity index (χ2v) is 5.84. The fourth-order valence-electron chi connectivity index (χ4n) is 2.18. The summed E-state index contributed by atoms with van der Waals surface area (Å²) in [5, 5.41) is 0. The molecule has 0 saturated heterocycles. The molecular formula is C16H18INO2. The zero-order valence-electron chi connectivity index (χ0n) is 11.8. The van der Waals surface area contributed by atoms with E-state index in [2.05, 4.69) is 46.9 Å². The molecule has 3 nitrogen and oxygen atoms in total. The summed E-state index contributed by atoms with van der Waals surface area (Å²) in [6, 6.07) is 12.0. The molecule has 1 atom stereocenters. The average Bonchev–Trinajstić information content (AvgIpc) is 2.47. The summed E-state index contributed by atoms with van der Waals surface area (Å²) in [6.07, 6.45) is 0. The predicted molar refractivity (Wildman–Crippen MR) is 89.5 cm³/mol. The first-order valence-electron chi connectivity index (χ1n) is 6.30. The Labute approximate surface area is 133 Å². The minimum Gasteiger partial charge on any atom is -0.493 e. The largest absolute Gasteiger partial charge is 0.493 e. The average molecular weight is 383 g/mol. The Hall–Kier alpha value is -1.27. The van der Waals surface area contributed by atoms with Crippen LogP contribution in [-0.2, 0) is 0 Å². The van der Waals surface area contributed by atoms with E-state index in [0.717, 1.165) is 22.4 Å². The van der Waals surface area contributed by atoms with E-state index < -0.39 is 0 Å². The lowest BCUT2D eigenvalue weighted by Gasteiger charge is -2.18. The molecule has 1 unspecified atom stereocenters. The van der Waals surface area contributed by atoms with Crippen molar-refractivity contribution in [1.29, 1.82) is 0 Å². The van der Waals surface area contributed by atoms with Crippen molar-refractivity contribution in [2.75, 3.05) is 14.2 Å². The van der Waals surface area contributed by atoms with Gasteiger partial charge >= 0.3 is 0 Å². The van der Waals surface area contributed by atoms with Crippen molar-refractivity contribution in [3.63, 3.8) is 0 Å². The Bertz CT molecular complexity index is 596. The first-order chi connectivity index (χ1) is 9.56. The summed E-state index contributed by atoms with van der Waals surface area (Å²) >= 11 is 2.28. The van der Waals surface area contributed by atoms with Crippen molar-refractivity contribution in [1.82, 2.24) is 0 Å². The van der Waals surface area contributed by atoms with Gasteiger partial charge in [0.1, 0.15) is 0 Å². The first-order valence-corrected chi connectivity index (χ1v) is 7.38. The van der Waals surface area contributed by atoms with Crippen LogP contribution in [0.25, 0.3) is 0 Å². The Kier molecular flexibility index (Phi) is 4.88. The minimum atomic E-state index is -0.174. The van der Waals surface area contributed by atoms with Crippen LogP contribution in [0.15, 0.2) is 36.4 Å². The van der Waals surface area contributed by atoms with Gasteiger partial charge in [-0.15, -0.1) is 0 Å². The third-order valence-electron chi connectivity index (χ3n) is 3.34. The summed E-state index contributed by atoms with van der Waals surface area (Å²) in [4.78, 5) is 0. The molecule has 0 aliphatic carbocycles. The molecule has 0 amide bonds. The highest BCUT2D eigenvalue weighted by Crippen LogP contribution is 2.34. The van der Waals surface area contributed by atoms with E-state index in [0.29, 0.717) is 5.75 Å². The highest BCUT2D eigenvalue weighted by Gasteiger charge is 2.15. The molecule has 2 aromatic carbocycles. The van der Waals surface area contributed by atoms with Crippen LogP contribution in [0.1, 0.15) is 22.7 Å². The van der Waals surface area contributed by atoms with Gasteiger partial charge in [-0.3, -0.25) is 0 Å². The van der Waals surface area contributed by atoms with E-state index in [9.17, 15) is 0 Å². The van der Waals surface area contributed by atoms with E-state index in [1.165, 1.54) is 3.57 Å². The highest BCUT2D eigenvalue weighted by atomic mass is 127. The van der Waals surface area contributed by atoms with Gasteiger partial charge < -0.3 is 15.2 Å². The zero-order valence-corrected chi connectivity index (χ0v) is 14.0. The number of benzene rings is 2. The molecule has 106 valence electrons. The van der Waals surface area contributed by atoms with Crippen LogP contribution in [0.4, 0.5) is 0 Å². The summed E-state index contributed by atoms with van der Waals surface area (Å²) < 4.78 is 11.9. The van der Waals surface area contributed by atoms with E-state index in [1.54, 1.807) is 14.2 Å². The smallest absolute Gasteiger partial charge is 0.161 e. The molecule has 0 saturated carbocycles. The lowest BCUT2D eigenvalue weighted by Crippen LogP contribution is -2.13. The van der Waals surface area contributed by atoms with Crippen LogP contribution in [0.5, 0.6) is 11.5 Å². The van der Waals surface area contributed by atoms with Gasteiger partial charge in [0.15, 0.2) is 11.5 Å². The molecule has 20 heavy (non-hydrogen) atoms. The number of hydrogen-bond acceptors (Lipinski definition) is 3. The van der Waals surface area contributed by atoms with Crippen molar-refractivity contribution >= 4 is 22.6 Å². The molecule has 0 bridgehead atoms. The monoisotopic (exact) mass is 383 g/mol. The summed E-state index contributed by atoms with van der Waals surface area (Å²) in [5.41, 5.74) is 9.60. The number of ether oxygens (including phenoxy) is 2. The van der Waals surface area contributed by atoms with Crippen LogP contribution < -0.4 is 15.2 Å². The normalized spacial score (nSPS) is 12.1. The molecule has 0 heterocycles. The van der Waals surface area contributed by atoms with Gasteiger partial charge in [0.25, 0.3) is 0 Å². The Morgan fingerprint density at radius 3 is 2.10 bits per heavy atom. The van der Waals surface area contributed by atoms with Gasteiger partial charge in [0, 0.05) is 3.57 Å². The Morgan fingerprint density at radius 1 is 1.00 bits per heavy atom. The summed E-state index contributed by atoms with van der Waals surface area (Å²) in [6.45, 7) is 2.03. The molecule has 4 heteroatoms. The third kappa shape index (κ3) is 3.07. The second-order valence-electron chi connectivity index (χ2n) is 4.59. The van der Waals surface area contributed by atoms with Crippen molar-refractivity contribution in [2.24, 2.45) is 5.73 Å². The molecule has 2 N–H and O–H groups in total. The molecular weight excluding hydrogens is 365 g/mol. The Balaban J connectivity index is 2.43. The SMILES string of the molecule is COc1cc(C)c(C(N)c2ccc(I)cc2)cc1OC. The molecule has 0 fully saturated rings. The second kappa shape index (κ2) is 6.45. The minimum absolute atomic E-state index is 0.174. The van der Waals surface area contributed by atoms with Crippen LogP contribution in [-0.4, -0.2) is 14.2 Å². The lowest BCUT2D eigenvalue weighted by molar-refractivity contribution is 0.354. The number of halogens is 1. The van der Waals surface area contributed by atoms with Crippen molar-refractivity contribution in [3.05, 3.63) is 56.7 Å². The van der Waals surface area contributed by atoms with Crippen molar-refractivity contribution < 1.29 is 9.47 Å². The predicted octanol–water partition coefficient (Wildman–Crippen LogP) is 3.66. The first kappa shape index (κ1) is 15.1. The number of nitrogens with two attached hydrogens (primary N) is 1. The maximum absolute atomic E-state index is 6.38. The molecule has 2 rings (SSSR count). The standard InChI is InChI=1S/C16H18INO2/c1-10-8-14(19-2)15(20-3)9-13(10)16(18)11-4-6-12(17)7-5-11/h4-9,16H,18H2,1-3H3. The van der Waals surface area contributed by atoms with Crippen LogP contribution in [0.2, 0.25) is 0 Å². The third-order valence-corrected chi connectivity index (χ3v) is 4.06. The van der Waals surface area contributed by atoms with Crippen LogP contribution in [0, 0.1) is 10.5 Å². The number of hydrogen-bond donors (Lipinski definition) is 1. The van der Waals surface area contributed by atoms with Gasteiger partial charge in [-0.1, -0.05) is 12.1 Å². The molecule has 0 spiro atoms. The number of aryl methyl sites for hydroxylation is 1. The van der Waals surface area contributed by atoms with E-state index in [-0.39, 0.29) is 6.04 Å². The maximum atomic E-state index is 6.38. The van der Waals surface area contributed by atoms with Gasteiger partial charge in [-0.05, 0) is 70.5 Å². The van der Waals surface area contributed by atoms with E-state index in [1.807, 2.05) is 19.1 Å². The molecule has 0 radical (unpaired) electrons. The Morgan fingerprint density at radius 2 is 1.55 bits per heavy atom. The molecule has 0 aliphatic heterocycles. The summed E-state index contributed by atoms with van der Waals surface area (Å²) in [7, 11) is 3.27. The fraction of sp³-hybridized carbons (Fsp3) is 0.250. The molecule has 0 aliphatic rings. The highest BCUT2D eigenvalue weighted by molar-refractivity contribution is 14.1. The van der Waals surface area contributed by atoms with Gasteiger partial charge in [-0.2, -0.15) is 0 Å². The molecule has 2 aromatic rings. The zero-order chi connectivity index (χ0) is 14.7. The fourth-order valence-corrected chi connectivity index (χ4v) is 2.54. The topological polar surface area (TPSA) is 44.5 Å². The van der Waals surface area contributed by atoms with Gasteiger partial charge in [0.2, 0.25) is 0 Å². The summed E-state index contributed by atoms with van der Waals surface area (Å²) in [5.74, 6) is 1.43. The van der Waals surface area contributed by atoms with E-state index in [4.69, 9.17) is 15.2 Å².